The molecule has 1 amide bonds. The van der Waals surface area contributed by atoms with Crippen LogP contribution < -0.4 is 9.80 Å². The zero-order chi connectivity index (χ0) is 19.6. The molecule has 0 N–H and O–H groups in total. The standard InChI is InChI=1S/C19H21F3N4O/c1-24(2)16-6-3-14(4-7-16)18(27)26-11-9-25(10-12-26)17-8-5-15(13-23-17)19(20,21)22/h3-8,13H,9-12H2,1-2H3. The van der Waals surface area contributed by atoms with Gasteiger partial charge in [-0.2, -0.15) is 13.2 Å². The van der Waals surface area contributed by atoms with Crippen LogP contribution in [0.4, 0.5) is 24.7 Å². The molecule has 0 aliphatic carbocycles. The largest absolute Gasteiger partial charge is 0.417 e. The number of hydrogen-bond acceptors (Lipinski definition) is 4. The summed E-state index contributed by atoms with van der Waals surface area (Å²) in [5, 5.41) is 0. The van der Waals surface area contributed by atoms with Crippen LogP contribution in [-0.4, -0.2) is 56.1 Å². The van der Waals surface area contributed by atoms with Gasteiger partial charge < -0.3 is 14.7 Å². The average molecular weight is 378 g/mol. The van der Waals surface area contributed by atoms with Crippen molar-refractivity contribution in [2.24, 2.45) is 0 Å². The van der Waals surface area contributed by atoms with Crippen LogP contribution in [0.2, 0.25) is 0 Å². The van der Waals surface area contributed by atoms with Gasteiger partial charge in [0, 0.05) is 57.7 Å². The summed E-state index contributed by atoms with van der Waals surface area (Å²) in [5.74, 6) is 0.450. The lowest BCUT2D eigenvalue weighted by Gasteiger charge is -2.35. The van der Waals surface area contributed by atoms with Crippen LogP contribution in [0.15, 0.2) is 42.6 Å². The van der Waals surface area contributed by atoms with Gasteiger partial charge in [-0.3, -0.25) is 4.79 Å². The third-order valence-corrected chi connectivity index (χ3v) is 4.60. The van der Waals surface area contributed by atoms with Crippen molar-refractivity contribution < 1.29 is 18.0 Å². The molecule has 1 fully saturated rings. The molecule has 1 aromatic heterocycles. The van der Waals surface area contributed by atoms with E-state index >= 15 is 0 Å². The Morgan fingerprint density at radius 1 is 1.00 bits per heavy atom. The fraction of sp³-hybridized carbons (Fsp3) is 0.368. The summed E-state index contributed by atoms with van der Waals surface area (Å²) in [5.41, 5.74) is 0.882. The third-order valence-electron chi connectivity index (χ3n) is 4.60. The van der Waals surface area contributed by atoms with Crippen LogP contribution in [0.1, 0.15) is 15.9 Å². The van der Waals surface area contributed by atoms with E-state index in [0.29, 0.717) is 37.6 Å². The Kier molecular flexibility index (Phi) is 5.25. The molecule has 1 aliphatic heterocycles. The Morgan fingerprint density at radius 3 is 2.11 bits per heavy atom. The second kappa shape index (κ2) is 7.46. The number of benzene rings is 1. The van der Waals surface area contributed by atoms with Crippen LogP contribution in [-0.2, 0) is 6.18 Å². The monoisotopic (exact) mass is 378 g/mol. The number of aromatic nitrogens is 1. The zero-order valence-electron chi connectivity index (χ0n) is 15.2. The molecule has 0 atom stereocenters. The number of piperazine rings is 1. The second-order valence-corrected chi connectivity index (χ2v) is 6.62. The molecule has 0 bridgehead atoms. The van der Waals surface area contributed by atoms with Gasteiger partial charge in [-0.25, -0.2) is 4.98 Å². The number of anilines is 2. The van der Waals surface area contributed by atoms with Crippen molar-refractivity contribution >= 4 is 17.4 Å². The molecule has 1 aromatic carbocycles. The quantitative estimate of drug-likeness (QED) is 0.823. The summed E-state index contributed by atoms with van der Waals surface area (Å²) in [6.45, 7) is 2.05. The zero-order valence-corrected chi connectivity index (χ0v) is 15.2. The summed E-state index contributed by atoms with van der Waals surface area (Å²) in [7, 11) is 3.87. The number of carbonyl (C=O) groups excluding carboxylic acids is 1. The van der Waals surface area contributed by atoms with Crippen LogP contribution in [0.25, 0.3) is 0 Å². The van der Waals surface area contributed by atoms with Crippen molar-refractivity contribution in [2.45, 2.75) is 6.18 Å². The van der Waals surface area contributed by atoms with E-state index in [1.165, 1.54) is 6.07 Å². The number of rotatable bonds is 3. The van der Waals surface area contributed by atoms with Crippen molar-refractivity contribution in [1.82, 2.24) is 9.88 Å². The molecule has 0 radical (unpaired) electrons. The fourth-order valence-corrected chi connectivity index (χ4v) is 2.96. The van der Waals surface area contributed by atoms with Crippen molar-refractivity contribution in [2.75, 3.05) is 50.1 Å². The van der Waals surface area contributed by atoms with Crippen LogP contribution in [0.5, 0.6) is 0 Å². The van der Waals surface area contributed by atoms with E-state index in [1.807, 2.05) is 48.2 Å². The summed E-state index contributed by atoms with van der Waals surface area (Å²) in [4.78, 5) is 22.2. The number of alkyl halides is 3. The van der Waals surface area contributed by atoms with Crippen molar-refractivity contribution in [3.63, 3.8) is 0 Å². The van der Waals surface area contributed by atoms with E-state index in [4.69, 9.17) is 0 Å². The van der Waals surface area contributed by atoms with Gasteiger partial charge in [-0.1, -0.05) is 0 Å². The van der Waals surface area contributed by atoms with Crippen molar-refractivity contribution in [3.8, 4) is 0 Å². The minimum atomic E-state index is -4.39. The molecule has 27 heavy (non-hydrogen) atoms. The van der Waals surface area contributed by atoms with Gasteiger partial charge in [0.05, 0.1) is 5.56 Å². The summed E-state index contributed by atoms with van der Waals surface area (Å²) in [6, 6.07) is 9.82. The highest BCUT2D eigenvalue weighted by atomic mass is 19.4. The van der Waals surface area contributed by atoms with Gasteiger partial charge in [0.25, 0.3) is 5.91 Å². The molecule has 5 nitrogen and oxygen atoms in total. The highest BCUT2D eigenvalue weighted by Gasteiger charge is 2.31. The number of halogens is 3. The highest BCUT2D eigenvalue weighted by Crippen LogP contribution is 2.29. The lowest BCUT2D eigenvalue weighted by atomic mass is 10.1. The third kappa shape index (κ3) is 4.32. The molecule has 2 heterocycles. The normalized spacial score (nSPS) is 15.0. The van der Waals surface area contributed by atoms with Crippen LogP contribution >= 0.6 is 0 Å². The minimum Gasteiger partial charge on any atom is -0.378 e. The first kappa shape index (κ1) is 19.0. The van der Waals surface area contributed by atoms with Gasteiger partial charge in [0.2, 0.25) is 0 Å². The molecule has 2 aromatic rings. The lowest BCUT2D eigenvalue weighted by Crippen LogP contribution is -2.49. The number of pyridine rings is 1. The maximum atomic E-state index is 12.6. The molecular formula is C19H21F3N4O. The molecule has 3 rings (SSSR count). The first-order chi connectivity index (χ1) is 12.8. The van der Waals surface area contributed by atoms with Crippen LogP contribution in [0.3, 0.4) is 0 Å². The molecule has 144 valence electrons. The predicted octanol–water partition coefficient (Wildman–Crippen LogP) is 3.13. The average Bonchev–Trinajstić information content (AvgIpc) is 2.67. The molecular weight excluding hydrogens is 357 g/mol. The topological polar surface area (TPSA) is 39.7 Å². The highest BCUT2D eigenvalue weighted by molar-refractivity contribution is 5.94. The maximum absolute atomic E-state index is 12.6. The van der Waals surface area contributed by atoms with E-state index in [-0.39, 0.29) is 5.91 Å². The van der Waals surface area contributed by atoms with Gasteiger partial charge in [-0.15, -0.1) is 0 Å². The SMILES string of the molecule is CN(C)c1ccc(C(=O)N2CCN(c3ccc(C(F)(F)F)cn3)CC2)cc1. The predicted molar refractivity (Wildman–Crippen MR) is 98.1 cm³/mol. The van der Waals surface area contributed by atoms with Crippen molar-refractivity contribution in [1.29, 1.82) is 0 Å². The van der Waals surface area contributed by atoms with E-state index in [2.05, 4.69) is 4.98 Å². The van der Waals surface area contributed by atoms with E-state index in [9.17, 15) is 18.0 Å². The molecule has 8 heteroatoms. The molecule has 0 unspecified atom stereocenters. The Morgan fingerprint density at radius 2 is 1.63 bits per heavy atom. The van der Waals surface area contributed by atoms with Gasteiger partial charge in [0.15, 0.2) is 0 Å². The number of nitrogens with zero attached hydrogens (tertiary/aromatic N) is 4. The molecule has 1 aliphatic rings. The summed E-state index contributed by atoms with van der Waals surface area (Å²) >= 11 is 0. The van der Waals surface area contributed by atoms with Crippen molar-refractivity contribution in [3.05, 3.63) is 53.7 Å². The number of amides is 1. The Balaban J connectivity index is 1.60. The maximum Gasteiger partial charge on any atom is 0.417 e. The second-order valence-electron chi connectivity index (χ2n) is 6.62. The van der Waals surface area contributed by atoms with E-state index in [0.717, 1.165) is 18.0 Å². The van der Waals surface area contributed by atoms with Crippen LogP contribution in [0, 0.1) is 0 Å². The lowest BCUT2D eigenvalue weighted by molar-refractivity contribution is -0.137. The molecule has 0 spiro atoms. The summed E-state index contributed by atoms with van der Waals surface area (Å²) in [6.07, 6.45) is -3.54. The van der Waals surface area contributed by atoms with Gasteiger partial charge in [-0.05, 0) is 36.4 Å². The minimum absolute atomic E-state index is 0.0414. The molecule has 1 saturated heterocycles. The van der Waals surface area contributed by atoms with E-state index < -0.39 is 11.7 Å². The Hall–Kier alpha value is -2.77. The molecule has 0 saturated carbocycles. The fourth-order valence-electron chi connectivity index (χ4n) is 2.96. The number of hydrogen-bond donors (Lipinski definition) is 0. The first-order valence-corrected chi connectivity index (χ1v) is 8.60. The summed E-state index contributed by atoms with van der Waals surface area (Å²) < 4.78 is 37.9. The number of carbonyl (C=O) groups is 1. The van der Waals surface area contributed by atoms with E-state index in [1.54, 1.807) is 4.90 Å². The Bertz CT molecular complexity index is 780. The van der Waals surface area contributed by atoms with Gasteiger partial charge >= 0.3 is 6.18 Å². The Labute approximate surface area is 156 Å². The van der Waals surface area contributed by atoms with Gasteiger partial charge in [0.1, 0.15) is 5.82 Å². The first-order valence-electron chi connectivity index (χ1n) is 8.60. The smallest absolute Gasteiger partial charge is 0.378 e.